The largest absolute Gasteiger partial charge is 0.403 e. The molecule has 0 saturated heterocycles. The second-order valence-electron chi connectivity index (χ2n) is 8.13. The van der Waals surface area contributed by atoms with Crippen LogP contribution in [-0.2, 0) is 14.4 Å². The number of primary amides is 1. The maximum atomic E-state index is 13.7. The van der Waals surface area contributed by atoms with Crippen molar-refractivity contribution in [2.24, 2.45) is 11.1 Å². The van der Waals surface area contributed by atoms with E-state index in [0.29, 0.717) is 21.3 Å². The van der Waals surface area contributed by atoms with E-state index in [1.54, 1.807) is 12.1 Å². The topological polar surface area (TPSA) is 95.7 Å². The number of carbonyl (C=O) groups excluding carboxylic acids is 3. The van der Waals surface area contributed by atoms with Crippen LogP contribution in [-0.4, -0.2) is 54.0 Å². The fourth-order valence-electron chi connectivity index (χ4n) is 3.65. The Hall–Kier alpha value is -2.49. The van der Waals surface area contributed by atoms with E-state index in [9.17, 15) is 27.6 Å². The molecule has 0 aromatic heterocycles. The van der Waals surface area contributed by atoms with Crippen molar-refractivity contribution in [3.05, 3.63) is 23.2 Å². The van der Waals surface area contributed by atoms with Gasteiger partial charge < -0.3 is 20.9 Å². The molecule has 3 N–H and O–H groups in total. The first kappa shape index (κ1) is 22.2. The predicted molar refractivity (Wildman–Crippen MR) is 105 cm³/mol. The molecule has 1 aromatic rings. The molecule has 0 radical (unpaired) electrons. The van der Waals surface area contributed by atoms with E-state index in [2.05, 4.69) is 5.32 Å². The number of anilines is 2. The average molecular weight is 447 g/mol. The minimum atomic E-state index is -4.81. The van der Waals surface area contributed by atoms with E-state index in [-0.39, 0.29) is 6.54 Å². The van der Waals surface area contributed by atoms with E-state index < -0.39 is 53.7 Å². The summed E-state index contributed by atoms with van der Waals surface area (Å²) < 4.78 is 41.1. The SMILES string of the molecule is CN1C(=O)[C@H](N(C(=O)C2(C(F)(F)F)CC2)C(C)(C)C(N)=O)CNc2ccc(Cl)cc21. The van der Waals surface area contributed by atoms with Crippen LogP contribution in [0.4, 0.5) is 24.5 Å². The molecule has 0 unspecified atom stereocenters. The van der Waals surface area contributed by atoms with Gasteiger partial charge in [-0.1, -0.05) is 11.6 Å². The highest BCUT2D eigenvalue weighted by atomic mass is 35.5. The number of fused-ring (bicyclic) bond motifs is 1. The number of likely N-dealkylation sites (N-methyl/N-ethyl adjacent to an activating group) is 1. The lowest BCUT2D eigenvalue weighted by molar-refractivity contribution is -0.203. The molecule has 30 heavy (non-hydrogen) atoms. The van der Waals surface area contributed by atoms with Gasteiger partial charge in [0.05, 0.1) is 11.4 Å². The maximum Gasteiger partial charge on any atom is 0.403 e. The minimum absolute atomic E-state index is 0.200. The molecule has 3 amide bonds. The molecule has 1 atom stereocenters. The number of alkyl halides is 3. The Balaban J connectivity index is 2.08. The highest BCUT2D eigenvalue weighted by molar-refractivity contribution is 6.31. The molecule has 164 valence electrons. The van der Waals surface area contributed by atoms with Gasteiger partial charge in [0, 0.05) is 18.6 Å². The average Bonchev–Trinajstić information content (AvgIpc) is 3.46. The Morgan fingerprint density at radius 1 is 1.30 bits per heavy atom. The van der Waals surface area contributed by atoms with Crippen molar-refractivity contribution in [2.45, 2.75) is 44.4 Å². The van der Waals surface area contributed by atoms with Crippen LogP contribution in [0.15, 0.2) is 18.2 Å². The van der Waals surface area contributed by atoms with Crippen LogP contribution >= 0.6 is 11.6 Å². The smallest absolute Gasteiger partial charge is 0.381 e. The van der Waals surface area contributed by atoms with Crippen molar-refractivity contribution < 1.29 is 27.6 Å². The Morgan fingerprint density at radius 2 is 1.90 bits per heavy atom. The fraction of sp³-hybridized carbons (Fsp3) is 0.526. The van der Waals surface area contributed by atoms with Crippen LogP contribution in [0.25, 0.3) is 0 Å². The summed E-state index contributed by atoms with van der Waals surface area (Å²) in [6, 6.07) is 3.34. The standard InChI is InChI=1S/C19H22ClF3N4O3/c1-17(2,15(24)29)27(16(30)18(6-7-18)19(21,22)23)13-9-25-11-5-4-10(20)8-12(11)26(3)14(13)28/h4-5,8,13,25H,6-7,9H2,1-3H3,(H2,24,29)/t13-/m1/s1. The molecule has 0 spiro atoms. The van der Waals surface area contributed by atoms with Gasteiger partial charge in [0.1, 0.15) is 17.0 Å². The minimum Gasteiger partial charge on any atom is -0.381 e. The number of halogens is 4. The molecule has 11 heteroatoms. The number of hydrogen-bond acceptors (Lipinski definition) is 4. The van der Waals surface area contributed by atoms with Crippen LogP contribution < -0.4 is 16.0 Å². The molecule has 0 bridgehead atoms. The van der Waals surface area contributed by atoms with Crippen LogP contribution in [0.1, 0.15) is 26.7 Å². The van der Waals surface area contributed by atoms with Crippen LogP contribution in [0.5, 0.6) is 0 Å². The normalized spacial score (nSPS) is 20.7. The molecule has 2 aliphatic rings. The van der Waals surface area contributed by atoms with E-state index in [1.807, 2.05) is 0 Å². The number of rotatable bonds is 4. The fourth-order valence-corrected chi connectivity index (χ4v) is 3.81. The second kappa shape index (κ2) is 7.04. The quantitative estimate of drug-likeness (QED) is 0.743. The molecule has 1 aliphatic carbocycles. The second-order valence-corrected chi connectivity index (χ2v) is 8.57. The van der Waals surface area contributed by atoms with Crippen LogP contribution in [0.2, 0.25) is 5.02 Å². The van der Waals surface area contributed by atoms with Gasteiger partial charge in [-0.05, 0) is 44.9 Å². The van der Waals surface area contributed by atoms with Gasteiger partial charge in [0.15, 0.2) is 0 Å². The lowest BCUT2D eigenvalue weighted by Gasteiger charge is -2.43. The highest BCUT2D eigenvalue weighted by Crippen LogP contribution is 2.59. The lowest BCUT2D eigenvalue weighted by atomic mass is 9.93. The van der Waals surface area contributed by atoms with Crippen LogP contribution in [0, 0.1) is 5.41 Å². The summed E-state index contributed by atoms with van der Waals surface area (Å²) in [5.74, 6) is -3.01. The summed E-state index contributed by atoms with van der Waals surface area (Å²) >= 11 is 6.01. The molecule has 1 fully saturated rings. The van der Waals surface area contributed by atoms with Gasteiger partial charge in [-0.25, -0.2) is 0 Å². The molecule has 1 heterocycles. The number of nitrogens with two attached hydrogens (primary N) is 1. The number of hydrogen-bond donors (Lipinski definition) is 2. The number of amides is 3. The zero-order valence-electron chi connectivity index (χ0n) is 16.6. The van der Waals surface area contributed by atoms with Gasteiger partial charge in [0.25, 0.3) is 5.91 Å². The molecule has 1 saturated carbocycles. The summed E-state index contributed by atoms with van der Waals surface area (Å²) in [4.78, 5) is 40.5. The van der Waals surface area contributed by atoms with Crippen molar-refractivity contribution in [1.82, 2.24) is 4.90 Å². The lowest BCUT2D eigenvalue weighted by Crippen LogP contribution is -2.66. The van der Waals surface area contributed by atoms with Crippen LogP contribution in [0.3, 0.4) is 0 Å². The maximum absolute atomic E-state index is 13.7. The predicted octanol–water partition coefficient (Wildman–Crippen LogP) is 2.53. The molecule has 1 aromatic carbocycles. The Labute approximate surface area is 176 Å². The van der Waals surface area contributed by atoms with Crippen molar-refractivity contribution >= 4 is 40.7 Å². The monoisotopic (exact) mass is 446 g/mol. The van der Waals surface area contributed by atoms with Crippen molar-refractivity contribution in [1.29, 1.82) is 0 Å². The molecule has 1 aliphatic heterocycles. The Morgan fingerprint density at radius 3 is 2.40 bits per heavy atom. The number of carbonyl (C=O) groups is 3. The van der Waals surface area contributed by atoms with Gasteiger partial charge in [-0.3, -0.25) is 14.4 Å². The van der Waals surface area contributed by atoms with Gasteiger partial charge in [-0.2, -0.15) is 13.2 Å². The van der Waals surface area contributed by atoms with Gasteiger partial charge in [-0.15, -0.1) is 0 Å². The summed E-state index contributed by atoms with van der Waals surface area (Å²) in [7, 11) is 1.42. The third-order valence-electron chi connectivity index (χ3n) is 5.86. The first-order chi connectivity index (χ1) is 13.7. The Bertz CT molecular complexity index is 915. The van der Waals surface area contributed by atoms with E-state index in [0.717, 1.165) is 0 Å². The van der Waals surface area contributed by atoms with E-state index in [1.165, 1.54) is 31.9 Å². The molecular formula is C19H22ClF3N4O3. The third-order valence-corrected chi connectivity index (χ3v) is 6.10. The zero-order valence-corrected chi connectivity index (χ0v) is 17.4. The molecule has 7 nitrogen and oxygen atoms in total. The molecular weight excluding hydrogens is 425 g/mol. The van der Waals surface area contributed by atoms with Gasteiger partial charge in [0.2, 0.25) is 11.8 Å². The van der Waals surface area contributed by atoms with E-state index >= 15 is 0 Å². The van der Waals surface area contributed by atoms with E-state index in [4.69, 9.17) is 17.3 Å². The van der Waals surface area contributed by atoms with Crippen molar-refractivity contribution in [3.63, 3.8) is 0 Å². The first-order valence-electron chi connectivity index (χ1n) is 9.25. The Kier molecular flexibility index (Phi) is 5.21. The zero-order chi connectivity index (χ0) is 22.6. The van der Waals surface area contributed by atoms with Gasteiger partial charge >= 0.3 is 6.18 Å². The highest BCUT2D eigenvalue weighted by Gasteiger charge is 2.71. The first-order valence-corrected chi connectivity index (χ1v) is 9.63. The number of benzene rings is 1. The summed E-state index contributed by atoms with van der Waals surface area (Å²) in [6.07, 6.45) is -5.61. The summed E-state index contributed by atoms with van der Waals surface area (Å²) in [5, 5.41) is 3.33. The summed E-state index contributed by atoms with van der Waals surface area (Å²) in [5.41, 5.74) is 1.90. The number of nitrogens with one attached hydrogen (secondary N) is 1. The third kappa shape index (κ3) is 3.36. The summed E-state index contributed by atoms with van der Waals surface area (Å²) in [6.45, 7) is 2.28. The van der Waals surface area contributed by atoms with Crippen molar-refractivity contribution in [3.8, 4) is 0 Å². The number of nitrogens with zero attached hydrogens (tertiary/aromatic N) is 2. The molecule has 3 rings (SSSR count). The van der Waals surface area contributed by atoms with Crippen molar-refractivity contribution in [2.75, 3.05) is 23.8 Å².